The summed E-state index contributed by atoms with van der Waals surface area (Å²) in [6, 6.07) is 4.91. The molecule has 0 bridgehead atoms. The molecule has 6 nitrogen and oxygen atoms in total. The van der Waals surface area contributed by atoms with E-state index in [1.54, 1.807) is 21.3 Å². The van der Waals surface area contributed by atoms with Gasteiger partial charge in [0, 0.05) is 50.0 Å². The number of hydrogen-bond donors (Lipinski definition) is 1. The number of aliphatic hydroxyl groups is 1. The first-order valence-corrected chi connectivity index (χ1v) is 9.08. The summed E-state index contributed by atoms with van der Waals surface area (Å²) >= 11 is 0. The highest BCUT2D eigenvalue weighted by atomic mass is 16.5. The lowest BCUT2D eigenvalue weighted by Gasteiger charge is -2.44. The van der Waals surface area contributed by atoms with Crippen molar-refractivity contribution in [2.24, 2.45) is 0 Å². The molecule has 2 aliphatic heterocycles. The van der Waals surface area contributed by atoms with Crippen molar-refractivity contribution in [3.05, 3.63) is 17.7 Å². The van der Waals surface area contributed by atoms with Gasteiger partial charge < -0.3 is 19.3 Å². The highest BCUT2D eigenvalue weighted by Gasteiger charge is 2.36. The van der Waals surface area contributed by atoms with E-state index in [2.05, 4.69) is 9.80 Å². The first-order chi connectivity index (χ1) is 12.2. The molecule has 2 heterocycles. The van der Waals surface area contributed by atoms with E-state index >= 15 is 0 Å². The molecule has 0 aliphatic carbocycles. The predicted molar refractivity (Wildman–Crippen MR) is 96.6 cm³/mol. The lowest BCUT2D eigenvalue weighted by Crippen LogP contribution is -2.55. The third-order valence-electron chi connectivity index (χ3n) is 5.53. The van der Waals surface area contributed by atoms with Crippen LogP contribution in [-0.4, -0.2) is 74.6 Å². The van der Waals surface area contributed by atoms with E-state index in [0.29, 0.717) is 17.8 Å². The van der Waals surface area contributed by atoms with Crippen LogP contribution in [0.1, 0.15) is 24.8 Å². The SMILES string of the molecule is COc1cc(OC)c(OC)cc1CN1C[C@H]2CCCN2C[C@@H]1CCO. The van der Waals surface area contributed by atoms with Crippen LogP contribution in [0.15, 0.2) is 12.1 Å². The minimum absolute atomic E-state index is 0.225. The second-order valence-corrected chi connectivity index (χ2v) is 6.91. The molecule has 0 amide bonds. The Bertz CT molecular complexity index is 581. The second kappa shape index (κ2) is 8.25. The molecule has 1 aromatic rings. The van der Waals surface area contributed by atoms with E-state index in [9.17, 15) is 5.11 Å². The Morgan fingerprint density at radius 2 is 1.76 bits per heavy atom. The van der Waals surface area contributed by atoms with Crippen LogP contribution in [0.4, 0.5) is 0 Å². The first-order valence-electron chi connectivity index (χ1n) is 9.08. The number of rotatable bonds is 7. The van der Waals surface area contributed by atoms with Crippen molar-refractivity contribution in [2.45, 2.75) is 37.9 Å². The average molecular weight is 350 g/mol. The van der Waals surface area contributed by atoms with Crippen LogP contribution in [0.3, 0.4) is 0 Å². The molecule has 0 saturated carbocycles. The molecule has 0 radical (unpaired) electrons. The Morgan fingerprint density at radius 3 is 2.44 bits per heavy atom. The molecule has 2 atom stereocenters. The van der Waals surface area contributed by atoms with E-state index in [1.165, 1.54) is 19.4 Å². The average Bonchev–Trinajstić information content (AvgIpc) is 3.08. The minimum atomic E-state index is 0.225. The molecule has 6 heteroatoms. The highest BCUT2D eigenvalue weighted by Crippen LogP contribution is 2.36. The summed E-state index contributed by atoms with van der Waals surface area (Å²) in [5, 5.41) is 9.49. The number of nitrogens with zero attached hydrogens (tertiary/aromatic N) is 2. The number of benzene rings is 1. The van der Waals surface area contributed by atoms with E-state index in [1.807, 2.05) is 12.1 Å². The summed E-state index contributed by atoms with van der Waals surface area (Å²) in [5.41, 5.74) is 1.09. The van der Waals surface area contributed by atoms with Gasteiger partial charge in [-0.25, -0.2) is 0 Å². The smallest absolute Gasteiger partial charge is 0.164 e. The van der Waals surface area contributed by atoms with Crippen molar-refractivity contribution in [3.8, 4) is 17.2 Å². The van der Waals surface area contributed by atoms with Gasteiger partial charge in [0.1, 0.15) is 5.75 Å². The Labute approximate surface area is 150 Å². The van der Waals surface area contributed by atoms with Crippen LogP contribution in [0.25, 0.3) is 0 Å². The summed E-state index contributed by atoms with van der Waals surface area (Å²) in [7, 11) is 4.97. The summed E-state index contributed by atoms with van der Waals surface area (Å²) in [6.45, 7) is 4.30. The molecule has 2 fully saturated rings. The van der Waals surface area contributed by atoms with Crippen molar-refractivity contribution in [3.63, 3.8) is 0 Å². The van der Waals surface area contributed by atoms with Gasteiger partial charge in [-0.3, -0.25) is 9.80 Å². The first kappa shape index (κ1) is 18.3. The molecule has 1 aromatic carbocycles. The largest absolute Gasteiger partial charge is 0.496 e. The van der Waals surface area contributed by atoms with Crippen molar-refractivity contribution in [2.75, 3.05) is 47.6 Å². The predicted octanol–water partition coefficient (Wildman–Crippen LogP) is 1.74. The van der Waals surface area contributed by atoms with E-state index in [-0.39, 0.29) is 6.61 Å². The van der Waals surface area contributed by atoms with Crippen molar-refractivity contribution < 1.29 is 19.3 Å². The molecule has 3 rings (SSSR count). The van der Waals surface area contributed by atoms with Gasteiger partial charge in [0.15, 0.2) is 11.5 Å². The molecular formula is C19H30N2O4. The number of ether oxygens (including phenoxy) is 3. The van der Waals surface area contributed by atoms with Gasteiger partial charge in [0.25, 0.3) is 0 Å². The van der Waals surface area contributed by atoms with Crippen LogP contribution in [0, 0.1) is 0 Å². The molecule has 25 heavy (non-hydrogen) atoms. The fourth-order valence-corrected chi connectivity index (χ4v) is 4.20. The Morgan fingerprint density at radius 1 is 1.04 bits per heavy atom. The summed E-state index contributed by atoms with van der Waals surface area (Å²) < 4.78 is 16.4. The van der Waals surface area contributed by atoms with Gasteiger partial charge in [0.05, 0.1) is 21.3 Å². The molecule has 2 aliphatic rings. The Kier molecular flexibility index (Phi) is 6.04. The molecule has 140 valence electrons. The second-order valence-electron chi connectivity index (χ2n) is 6.91. The van der Waals surface area contributed by atoms with Gasteiger partial charge in [0.2, 0.25) is 0 Å². The maximum atomic E-state index is 9.49. The van der Waals surface area contributed by atoms with Gasteiger partial charge in [-0.1, -0.05) is 0 Å². The normalized spacial score (nSPS) is 24.2. The Balaban J connectivity index is 1.83. The standard InChI is InChI=1S/C19H30N2O4/c1-23-17-10-19(25-3)18(24-2)9-14(17)11-21-13-15-5-4-7-20(15)12-16(21)6-8-22/h9-10,15-16,22H,4-8,11-13H2,1-3H3/t15-,16+/m1/s1. The van der Waals surface area contributed by atoms with Crippen molar-refractivity contribution in [1.29, 1.82) is 0 Å². The minimum Gasteiger partial charge on any atom is -0.496 e. The summed E-state index contributed by atoms with van der Waals surface area (Å²) in [5.74, 6) is 2.21. The van der Waals surface area contributed by atoms with E-state index in [4.69, 9.17) is 14.2 Å². The summed E-state index contributed by atoms with van der Waals surface area (Å²) in [6.07, 6.45) is 3.36. The zero-order chi connectivity index (χ0) is 17.8. The number of hydrogen-bond acceptors (Lipinski definition) is 6. The van der Waals surface area contributed by atoms with Gasteiger partial charge in [-0.2, -0.15) is 0 Å². The quantitative estimate of drug-likeness (QED) is 0.808. The molecule has 0 unspecified atom stereocenters. The Hall–Kier alpha value is -1.50. The van der Waals surface area contributed by atoms with E-state index in [0.717, 1.165) is 43.1 Å². The molecular weight excluding hydrogens is 320 g/mol. The number of aliphatic hydroxyl groups excluding tert-OH is 1. The molecule has 0 spiro atoms. The third-order valence-corrected chi connectivity index (χ3v) is 5.53. The number of methoxy groups -OCH3 is 3. The fraction of sp³-hybridized carbons (Fsp3) is 0.684. The zero-order valence-corrected chi connectivity index (χ0v) is 15.5. The van der Waals surface area contributed by atoms with Gasteiger partial charge in [-0.15, -0.1) is 0 Å². The number of fused-ring (bicyclic) bond motifs is 1. The van der Waals surface area contributed by atoms with Crippen molar-refractivity contribution >= 4 is 0 Å². The lowest BCUT2D eigenvalue weighted by atomic mass is 10.0. The van der Waals surface area contributed by atoms with Crippen LogP contribution in [0.5, 0.6) is 17.2 Å². The maximum absolute atomic E-state index is 9.49. The van der Waals surface area contributed by atoms with Crippen LogP contribution in [-0.2, 0) is 6.54 Å². The van der Waals surface area contributed by atoms with Crippen LogP contribution >= 0.6 is 0 Å². The third kappa shape index (κ3) is 3.86. The zero-order valence-electron chi connectivity index (χ0n) is 15.5. The van der Waals surface area contributed by atoms with Crippen LogP contribution in [0.2, 0.25) is 0 Å². The van der Waals surface area contributed by atoms with Gasteiger partial charge in [-0.05, 0) is 31.9 Å². The monoisotopic (exact) mass is 350 g/mol. The van der Waals surface area contributed by atoms with Crippen LogP contribution < -0.4 is 14.2 Å². The van der Waals surface area contributed by atoms with Crippen molar-refractivity contribution in [1.82, 2.24) is 9.80 Å². The molecule has 0 aromatic heterocycles. The maximum Gasteiger partial charge on any atom is 0.164 e. The molecule has 1 N–H and O–H groups in total. The van der Waals surface area contributed by atoms with Gasteiger partial charge >= 0.3 is 0 Å². The van der Waals surface area contributed by atoms with E-state index < -0.39 is 0 Å². The summed E-state index contributed by atoms with van der Waals surface area (Å²) in [4.78, 5) is 5.08. The molecule has 2 saturated heterocycles. The lowest BCUT2D eigenvalue weighted by molar-refractivity contribution is 0.0329. The fourth-order valence-electron chi connectivity index (χ4n) is 4.20. The highest BCUT2D eigenvalue weighted by molar-refractivity contribution is 5.50. The topological polar surface area (TPSA) is 54.4 Å². The number of piperazine rings is 1.